The minimum absolute atomic E-state index is 0.0468. The highest BCUT2D eigenvalue weighted by molar-refractivity contribution is 5.40. The van der Waals surface area contributed by atoms with Crippen LogP contribution >= 0.6 is 0 Å². The minimum Gasteiger partial charge on any atom is -0.508 e. The molecule has 1 aliphatic rings. The van der Waals surface area contributed by atoms with Crippen LogP contribution in [0, 0.1) is 0 Å². The van der Waals surface area contributed by atoms with Crippen molar-refractivity contribution in [3.8, 4) is 11.5 Å². The van der Waals surface area contributed by atoms with Gasteiger partial charge < -0.3 is 20.4 Å². The van der Waals surface area contributed by atoms with E-state index in [1.54, 1.807) is 6.07 Å². The maximum absolute atomic E-state index is 9.82. The summed E-state index contributed by atoms with van der Waals surface area (Å²) >= 11 is 0. The lowest BCUT2D eigenvalue weighted by Crippen LogP contribution is -2.41. The van der Waals surface area contributed by atoms with Crippen LogP contribution < -0.4 is 5.32 Å². The van der Waals surface area contributed by atoms with E-state index < -0.39 is 0 Å². The fraction of sp³-hybridized carbons (Fsp3) is 0.571. The largest absolute Gasteiger partial charge is 0.508 e. The van der Waals surface area contributed by atoms with Crippen LogP contribution in [0.25, 0.3) is 0 Å². The van der Waals surface area contributed by atoms with Crippen molar-refractivity contribution >= 4 is 0 Å². The maximum Gasteiger partial charge on any atom is 0.120 e. The number of piperidine rings is 1. The van der Waals surface area contributed by atoms with Gasteiger partial charge in [0.2, 0.25) is 0 Å². The molecule has 0 saturated carbocycles. The van der Waals surface area contributed by atoms with Gasteiger partial charge in [0.05, 0.1) is 0 Å². The zero-order valence-corrected chi connectivity index (χ0v) is 11.1. The van der Waals surface area contributed by atoms with Gasteiger partial charge in [0, 0.05) is 17.6 Å². The van der Waals surface area contributed by atoms with Crippen molar-refractivity contribution in [1.29, 1.82) is 0 Å². The third-order valence-corrected chi connectivity index (χ3v) is 3.68. The van der Waals surface area contributed by atoms with Crippen molar-refractivity contribution in [2.75, 3.05) is 20.1 Å². The van der Waals surface area contributed by atoms with Crippen molar-refractivity contribution in [1.82, 2.24) is 10.2 Å². The van der Waals surface area contributed by atoms with Crippen molar-refractivity contribution in [3.63, 3.8) is 0 Å². The quantitative estimate of drug-likeness (QED) is 0.717. The second kappa shape index (κ2) is 5.59. The van der Waals surface area contributed by atoms with E-state index in [-0.39, 0.29) is 17.5 Å². The number of nitrogens with zero attached hydrogens (tertiary/aromatic N) is 1. The Balaban J connectivity index is 1.98. The fourth-order valence-electron chi connectivity index (χ4n) is 2.51. The molecular weight excluding hydrogens is 228 g/mol. The highest BCUT2D eigenvalue weighted by atomic mass is 16.3. The van der Waals surface area contributed by atoms with Crippen LogP contribution in [0.2, 0.25) is 0 Å². The van der Waals surface area contributed by atoms with Gasteiger partial charge >= 0.3 is 0 Å². The Morgan fingerprint density at radius 1 is 1.28 bits per heavy atom. The van der Waals surface area contributed by atoms with Crippen LogP contribution in [0.15, 0.2) is 18.2 Å². The Labute approximate surface area is 108 Å². The molecule has 1 aromatic rings. The van der Waals surface area contributed by atoms with E-state index in [1.807, 2.05) is 6.92 Å². The summed E-state index contributed by atoms with van der Waals surface area (Å²) in [6.07, 6.45) is 2.25. The van der Waals surface area contributed by atoms with Gasteiger partial charge in [-0.2, -0.15) is 0 Å². The van der Waals surface area contributed by atoms with Gasteiger partial charge in [-0.25, -0.2) is 0 Å². The van der Waals surface area contributed by atoms with E-state index >= 15 is 0 Å². The molecule has 1 atom stereocenters. The van der Waals surface area contributed by atoms with E-state index in [9.17, 15) is 10.2 Å². The number of aromatic hydroxyl groups is 2. The van der Waals surface area contributed by atoms with Crippen molar-refractivity contribution in [2.24, 2.45) is 0 Å². The zero-order chi connectivity index (χ0) is 13.1. The molecule has 3 N–H and O–H groups in total. The number of nitrogens with one attached hydrogen (secondary N) is 1. The standard InChI is InChI=1S/C14H22N2O2/c1-10(13-9-12(17)3-4-14(13)18)15-11-5-7-16(2)8-6-11/h3-4,9-11,15,17-18H,5-8H2,1-2H3. The molecule has 1 unspecified atom stereocenters. The van der Waals surface area contributed by atoms with E-state index in [0.29, 0.717) is 6.04 Å². The molecule has 4 nitrogen and oxygen atoms in total. The average Bonchev–Trinajstić information content (AvgIpc) is 2.35. The molecule has 4 heteroatoms. The first-order chi connectivity index (χ1) is 8.56. The predicted octanol–water partition coefficient (Wildman–Crippen LogP) is 1.84. The topological polar surface area (TPSA) is 55.7 Å². The predicted molar refractivity (Wildman–Crippen MR) is 71.8 cm³/mol. The Morgan fingerprint density at radius 3 is 2.61 bits per heavy atom. The molecule has 1 aromatic carbocycles. The highest BCUT2D eigenvalue weighted by Gasteiger charge is 2.20. The number of hydrogen-bond acceptors (Lipinski definition) is 4. The molecule has 0 aromatic heterocycles. The summed E-state index contributed by atoms with van der Waals surface area (Å²) in [5.74, 6) is 0.431. The fourth-order valence-corrected chi connectivity index (χ4v) is 2.51. The van der Waals surface area contributed by atoms with Gasteiger partial charge in [-0.3, -0.25) is 0 Å². The lowest BCUT2D eigenvalue weighted by molar-refractivity contribution is 0.226. The molecular formula is C14H22N2O2. The van der Waals surface area contributed by atoms with E-state index in [1.165, 1.54) is 12.1 Å². The first-order valence-electron chi connectivity index (χ1n) is 6.52. The molecule has 0 bridgehead atoms. The van der Waals surface area contributed by atoms with Gasteiger partial charge in [-0.1, -0.05) is 0 Å². The third kappa shape index (κ3) is 3.15. The van der Waals surface area contributed by atoms with E-state index in [0.717, 1.165) is 31.5 Å². The SMILES string of the molecule is CC(NC1CCN(C)CC1)c1cc(O)ccc1O. The number of phenolic OH excluding ortho intramolecular Hbond substituents is 2. The van der Waals surface area contributed by atoms with E-state index in [2.05, 4.69) is 17.3 Å². The Hall–Kier alpha value is -1.26. The smallest absolute Gasteiger partial charge is 0.120 e. The number of phenols is 2. The molecule has 0 amide bonds. The van der Waals surface area contributed by atoms with Crippen LogP contribution in [0.4, 0.5) is 0 Å². The normalized spacial score (nSPS) is 19.9. The lowest BCUT2D eigenvalue weighted by Gasteiger charge is -2.31. The molecule has 1 aliphatic heterocycles. The summed E-state index contributed by atoms with van der Waals surface area (Å²) in [5.41, 5.74) is 0.758. The molecule has 2 rings (SSSR count). The number of likely N-dealkylation sites (tertiary alicyclic amines) is 1. The van der Waals surface area contributed by atoms with Crippen molar-refractivity contribution in [3.05, 3.63) is 23.8 Å². The summed E-state index contributed by atoms with van der Waals surface area (Å²) in [6.45, 7) is 4.24. The van der Waals surface area contributed by atoms with Gasteiger partial charge in [-0.15, -0.1) is 0 Å². The molecule has 1 saturated heterocycles. The summed E-state index contributed by atoms with van der Waals surface area (Å²) in [4.78, 5) is 2.33. The second-order valence-electron chi connectivity index (χ2n) is 5.21. The summed E-state index contributed by atoms with van der Waals surface area (Å²) < 4.78 is 0. The molecule has 0 radical (unpaired) electrons. The number of rotatable bonds is 3. The Bertz CT molecular complexity index is 401. The molecule has 0 spiro atoms. The van der Waals surface area contributed by atoms with Crippen molar-refractivity contribution < 1.29 is 10.2 Å². The minimum atomic E-state index is 0.0468. The summed E-state index contributed by atoms with van der Waals surface area (Å²) in [5, 5.41) is 22.8. The molecule has 100 valence electrons. The molecule has 1 heterocycles. The first kappa shape index (κ1) is 13.2. The van der Waals surface area contributed by atoms with Crippen LogP contribution in [-0.2, 0) is 0 Å². The van der Waals surface area contributed by atoms with Gasteiger partial charge in [-0.05, 0) is 58.1 Å². The Morgan fingerprint density at radius 2 is 1.94 bits per heavy atom. The second-order valence-corrected chi connectivity index (χ2v) is 5.21. The van der Waals surface area contributed by atoms with Crippen molar-refractivity contribution in [2.45, 2.75) is 31.8 Å². The van der Waals surface area contributed by atoms with Gasteiger partial charge in [0.25, 0.3) is 0 Å². The lowest BCUT2D eigenvalue weighted by atomic mass is 10.0. The molecule has 18 heavy (non-hydrogen) atoms. The maximum atomic E-state index is 9.82. The van der Waals surface area contributed by atoms with Gasteiger partial charge in [0.15, 0.2) is 0 Å². The zero-order valence-electron chi connectivity index (χ0n) is 11.1. The monoisotopic (exact) mass is 250 g/mol. The third-order valence-electron chi connectivity index (χ3n) is 3.68. The summed E-state index contributed by atoms with van der Waals surface area (Å²) in [7, 11) is 2.14. The number of benzene rings is 1. The molecule has 1 fully saturated rings. The summed E-state index contributed by atoms with van der Waals surface area (Å²) in [6, 6.07) is 5.20. The van der Waals surface area contributed by atoms with Crippen LogP contribution in [0.5, 0.6) is 11.5 Å². The molecule has 0 aliphatic carbocycles. The Kier molecular flexibility index (Phi) is 4.09. The van der Waals surface area contributed by atoms with Crippen LogP contribution in [0.1, 0.15) is 31.4 Å². The average molecular weight is 250 g/mol. The highest BCUT2D eigenvalue weighted by Crippen LogP contribution is 2.28. The van der Waals surface area contributed by atoms with E-state index in [4.69, 9.17) is 0 Å². The first-order valence-corrected chi connectivity index (χ1v) is 6.52. The number of hydrogen-bond donors (Lipinski definition) is 3. The van der Waals surface area contributed by atoms with Gasteiger partial charge in [0.1, 0.15) is 11.5 Å². The van der Waals surface area contributed by atoms with Crippen LogP contribution in [0.3, 0.4) is 0 Å². The van der Waals surface area contributed by atoms with Crippen LogP contribution in [-0.4, -0.2) is 41.3 Å².